The highest BCUT2D eigenvalue weighted by Gasteiger charge is 2.38. The lowest BCUT2D eigenvalue weighted by atomic mass is 10.2. The fraction of sp³-hybridized carbons (Fsp3) is 0.533. The van der Waals surface area contributed by atoms with Gasteiger partial charge in [-0.25, -0.2) is 0 Å². The van der Waals surface area contributed by atoms with Crippen LogP contribution in [0.1, 0.15) is 40.4 Å². The van der Waals surface area contributed by atoms with Crippen LogP contribution in [0.25, 0.3) is 0 Å². The lowest BCUT2D eigenvalue weighted by molar-refractivity contribution is -0.132. The van der Waals surface area contributed by atoms with Gasteiger partial charge in [0.15, 0.2) is 5.82 Å². The molecule has 1 aliphatic heterocycles. The third kappa shape index (κ3) is 3.20. The number of aryl methyl sites for hydroxylation is 3. The molecule has 0 bridgehead atoms. The third-order valence-electron chi connectivity index (χ3n) is 3.81. The van der Waals surface area contributed by atoms with Crippen LogP contribution < -0.4 is 0 Å². The minimum Gasteiger partial charge on any atom is -0.391 e. The van der Waals surface area contributed by atoms with E-state index in [1.807, 2.05) is 0 Å². The zero-order chi connectivity index (χ0) is 15.7. The quantitative estimate of drug-likeness (QED) is 0.932. The van der Waals surface area contributed by atoms with E-state index >= 15 is 0 Å². The summed E-state index contributed by atoms with van der Waals surface area (Å²) in [5.74, 6) is 0.968. The van der Waals surface area contributed by atoms with Crippen LogP contribution in [-0.4, -0.2) is 38.7 Å². The largest absolute Gasteiger partial charge is 0.391 e. The monoisotopic (exact) mass is 321 g/mol. The first-order valence-electron chi connectivity index (χ1n) is 7.36. The number of aliphatic hydroxyl groups is 1. The average Bonchev–Trinajstić information content (AvgIpc) is 3.16. The normalized spacial score (nSPS) is 21.5. The molecular formula is C15H19N3O3S. The fourth-order valence-corrected chi connectivity index (χ4v) is 3.66. The molecule has 0 aromatic carbocycles. The molecule has 0 saturated carbocycles. The van der Waals surface area contributed by atoms with E-state index in [-0.39, 0.29) is 11.9 Å². The summed E-state index contributed by atoms with van der Waals surface area (Å²) in [7, 11) is 0. The summed E-state index contributed by atoms with van der Waals surface area (Å²) in [6, 6.07) is 3.81. The summed E-state index contributed by atoms with van der Waals surface area (Å²) in [4.78, 5) is 20.8. The molecule has 0 spiro atoms. The highest BCUT2D eigenvalue weighted by molar-refractivity contribution is 7.11. The number of thiophene rings is 1. The zero-order valence-corrected chi connectivity index (χ0v) is 13.5. The second kappa shape index (κ2) is 6.18. The molecule has 2 atom stereocenters. The molecule has 1 aliphatic rings. The first kappa shape index (κ1) is 15.2. The first-order chi connectivity index (χ1) is 10.5. The van der Waals surface area contributed by atoms with Gasteiger partial charge in [-0.3, -0.25) is 4.79 Å². The Bertz CT molecular complexity index is 667. The highest BCUT2D eigenvalue weighted by atomic mass is 32.1. The van der Waals surface area contributed by atoms with Gasteiger partial charge in [0.05, 0.1) is 6.10 Å². The maximum Gasteiger partial charge on any atom is 0.249 e. The second-order valence-electron chi connectivity index (χ2n) is 5.64. The molecular weight excluding hydrogens is 302 g/mol. The number of hydrogen-bond acceptors (Lipinski definition) is 6. The van der Waals surface area contributed by atoms with Crippen molar-refractivity contribution in [3.8, 4) is 0 Å². The van der Waals surface area contributed by atoms with Gasteiger partial charge in [-0.15, -0.1) is 11.3 Å². The Balaban J connectivity index is 1.67. The van der Waals surface area contributed by atoms with Gasteiger partial charge in [0.2, 0.25) is 11.8 Å². The Hall–Kier alpha value is -1.73. The molecule has 22 heavy (non-hydrogen) atoms. The molecule has 0 radical (unpaired) electrons. The second-order valence-corrected chi connectivity index (χ2v) is 7.02. The van der Waals surface area contributed by atoms with Gasteiger partial charge in [-0.2, -0.15) is 4.98 Å². The predicted octanol–water partition coefficient (Wildman–Crippen LogP) is 2.02. The molecule has 7 heteroatoms. The number of hydrogen-bond donors (Lipinski definition) is 1. The standard InChI is InChI=1S/C15H19N3O3S/c1-9-3-4-12(22-9)5-6-14(20)18-8-11(19)7-13(18)15-16-10(2)17-21-15/h3-4,11,13,19H,5-8H2,1-2H3/t11-,13-/m1/s1. The van der Waals surface area contributed by atoms with Gasteiger partial charge in [-0.05, 0) is 32.4 Å². The van der Waals surface area contributed by atoms with E-state index in [2.05, 4.69) is 29.2 Å². The van der Waals surface area contributed by atoms with Gasteiger partial charge < -0.3 is 14.5 Å². The number of amides is 1. The molecule has 6 nitrogen and oxygen atoms in total. The maximum absolute atomic E-state index is 12.5. The average molecular weight is 321 g/mol. The molecule has 3 heterocycles. The van der Waals surface area contributed by atoms with Crippen LogP contribution in [0.15, 0.2) is 16.7 Å². The van der Waals surface area contributed by atoms with Gasteiger partial charge in [0.25, 0.3) is 0 Å². The third-order valence-corrected chi connectivity index (χ3v) is 4.87. The lowest BCUT2D eigenvalue weighted by Gasteiger charge is -2.21. The molecule has 2 aromatic rings. The summed E-state index contributed by atoms with van der Waals surface area (Å²) in [6.07, 6.45) is 1.06. The molecule has 0 unspecified atom stereocenters. The van der Waals surface area contributed by atoms with Crippen LogP contribution >= 0.6 is 11.3 Å². The number of nitrogens with zero attached hydrogens (tertiary/aromatic N) is 3. The van der Waals surface area contributed by atoms with E-state index in [0.717, 1.165) is 6.42 Å². The fourth-order valence-electron chi connectivity index (χ4n) is 2.77. The molecule has 3 rings (SSSR count). The van der Waals surface area contributed by atoms with Crippen molar-refractivity contribution in [3.63, 3.8) is 0 Å². The number of carbonyl (C=O) groups excluding carboxylic acids is 1. The summed E-state index contributed by atoms with van der Waals surface area (Å²) >= 11 is 1.71. The Morgan fingerprint density at radius 1 is 1.50 bits per heavy atom. The Morgan fingerprint density at radius 2 is 2.32 bits per heavy atom. The summed E-state index contributed by atoms with van der Waals surface area (Å²) in [5, 5.41) is 13.7. The van der Waals surface area contributed by atoms with Crippen LogP contribution in [0.2, 0.25) is 0 Å². The van der Waals surface area contributed by atoms with Crippen molar-refractivity contribution in [1.82, 2.24) is 15.0 Å². The van der Waals surface area contributed by atoms with Gasteiger partial charge >= 0.3 is 0 Å². The van der Waals surface area contributed by atoms with Crippen molar-refractivity contribution in [2.24, 2.45) is 0 Å². The van der Waals surface area contributed by atoms with E-state index in [9.17, 15) is 9.90 Å². The molecule has 1 saturated heterocycles. The van der Waals surface area contributed by atoms with Crippen LogP contribution in [-0.2, 0) is 11.2 Å². The molecule has 1 amide bonds. The number of aromatic nitrogens is 2. The number of aliphatic hydroxyl groups excluding tert-OH is 1. The topological polar surface area (TPSA) is 79.5 Å². The Labute approximate surface area is 132 Å². The van der Waals surface area contributed by atoms with Crippen LogP contribution in [0.3, 0.4) is 0 Å². The molecule has 0 aliphatic carbocycles. The van der Waals surface area contributed by atoms with Gasteiger partial charge in [0.1, 0.15) is 6.04 Å². The van der Waals surface area contributed by atoms with Crippen molar-refractivity contribution in [1.29, 1.82) is 0 Å². The zero-order valence-electron chi connectivity index (χ0n) is 12.7. The Kier molecular flexibility index (Phi) is 4.26. The molecule has 2 aromatic heterocycles. The number of rotatable bonds is 4. The van der Waals surface area contributed by atoms with E-state index in [4.69, 9.17) is 4.52 Å². The van der Waals surface area contributed by atoms with E-state index in [1.54, 1.807) is 23.2 Å². The predicted molar refractivity (Wildman–Crippen MR) is 81.5 cm³/mol. The highest BCUT2D eigenvalue weighted by Crippen LogP contribution is 2.32. The van der Waals surface area contributed by atoms with E-state index in [1.165, 1.54) is 9.75 Å². The summed E-state index contributed by atoms with van der Waals surface area (Å²) < 4.78 is 5.18. The molecule has 118 valence electrons. The van der Waals surface area contributed by atoms with Crippen LogP contribution in [0, 0.1) is 13.8 Å². The lowest BCUT2D eigenvalue weighted by Crippen LogP contribution is -2.32. The van der Waals surface area contributed by atoms with E-state index < -0.39 is 6.10 Å². The molecule has 1 N–H and O–H groups in total. The maximum atomic E-state index is 12.5. The number of β-amino-alcohol motifs (C(OH)–C–C–N with tert-alkyl or cyclic N) is 1. The van der Waals surface area contributed by atoms with Gasteiger partial charge in [-0.1, -0.05) is 5.16 Å². The summed E-state index contributed by atoms with van der Waals surface area (Å²) in [5.41, 5.74) is 0. The number of likely N-dealkylation sites (tertiary alicyclic amines) is 1. The minimum absolute atomic E-state index is 0.0171. The minimum atomic E-state index is -0.537. The van der Waals surface area contributed by atoms with Crippen molar-refractivity contribution in [2.45, 2.75) is 45.3 Å². The summed E-state index contributed by atoms with van der Waals surface area (Å²) in [6.45, 7) is 4.12. The van der Waals surface area contributed by atoms with E-state index in [0.29, 0.717) is 31.1 Å². The van der Waals surface area contributed by atoms with Crippen molar-refractivity contribution in [3.05, 3.63) is 33.6 Å². The number of carbonyl (C=O) groups is 1. The van der Waals surface area contributed by atoms with Crippen molar-refractivity contribution >= 4 is 17.2 Å². The van der Waals surface area contributed by atoms with Crippen LogP contribution in [0.4, 0.5) is 0 Å². The van der Waals surface area contributed by atoms with Crippen LogP contribution in [0.5, 0.6) is 0 Å². The first-order valence-corrected chi connectivity index (χ1v) is 8.17. The van der Waals surface area contributed by atoms with Crippen molar-refractivity contribution in [2.75, 3.05) is 6.54 Å². The Morgan fingerprint density at radius 3 is 2.95 bits per heavy atom. The SMILES string of the molecule is Cc1noc([C@H]2C[C@@H](O)CN2C(=O)CCc2ccc(C)s2)n1. The van der Waals surface area contributed by atoms with Crippen molar-refractivity contribution < 1.29 is 14.4 Å². The smallest absolute Gasteiger partial charge is 0.249 e. The van der Waals surface area contributed by atoms with Gasteiger partial charge in [0, 0.05) is 29.1 Å². The molecule has 1 fully saturated rings.